The van der Waals surface area contributed by atoms with Gasteiger partial charge in [-0.15, -0.1) is 0 Å². The monoisotopic (exact) mass is 373 g/mol. The Kier molecular flexibility index (Phi) is 6.33. The minimum atomic E-state index is -0.997. The number of anilines is 1. The van der Waals surface area contributed by atoms with Crippen molar-refractivity contribution >= 4 is 23.3 Å². The molecule has 0 saturated heterocycles. The SMILES string of the molecule is CC(=O)c1cccc(OCC(=O)O[C@@H](C)C(=O)Nc2c(C)nn(C)c2C)c1. The largest absolute Gasteiger partial charge is 0.482 e. The maximum absolute atomic E-state index is 12.3. The second-order valence-electron chi connectivity index (χ2n) is 6.16. The van der Waals surface area contributed by atoms with Crippen molar-refractivity contribution in [3.8, 4) is 5.75 Å². The Morgan fingerprint density at radius 3 is 2.56 bits per heavy atom. The molecule has 0 saturated carbocycles. The average Bonchev–Trinajstić information content (AvgIpc) is 2.86. The molecule has 0 bridgehead atoms. The molecule has 2 rings (SSSR count). The van der Waals surface area contributed by atoms with Gasteiger partial charge in [0.15, 0.2) is 18.5 Å². The number of esters is 1. The molecule has 27 heavy (non-hydrogen) atoms. The third kappa shape index (κ3) is 5.16. The first-order chi connectivity index (χ1) is 12.7. The molecule has 1 aromatic heterocycles. The first-order valence-electron chi connectivity index (χ1n) is 8.43. The number of ketones is 1. The zero-order chi connectivity index (χ0) is 20.1. The molecule has 0 fully saturated rings. The summed E-state index contributed by atoms with van der Waals surface area (Å²) in [6, 6.07) is 6.48. The Morgan fingerprint density at radius 1 is 1.26 bits per heavy atom. The number of Topliss-reactive ketones (excluding diaryl/α,β-unsaturated/α-hetero) is 1. The summed E-state index contributed by atoms with van der Waals surface area (Å²) in [7, 11) is 1.78. The van der Waals surface area contributed by atoms with Crippen LogP contribution >= 0.6 is 0 Å². The Bertz CT molecular complexity index is 872. The third-order valence-electron chi connectivity index (χ3n) is 4.03. The van der Waals surface area contributed by atoms with Crippen LogP contribution < -0.4 is 10.1 Å². The fraction of sp³-hybridized carbons (Fsp3) is 0.368. The van der Waals surface area contributed by atoms with Gasteiger partial charge in [0, 0.05) is 12.6 Å². The van der Waals surface area contributed by atoms with Crippen molar-refractivity contribution < 1.29 is 23.9 Å². The van der Waals surface area contributed by atoms with Crippen LogP contribution in [0.1, 0.15) is 35.6 Å². The number of nitrogens with one attached hydrogen (secondary N) is 1. The topological polar surface area (TPSA) is 99.5 Å². The van der Waals surface area contributed by atoms with Crippen molar-refractivity contribution in [2.75, 3.05) is 11.9 Å². The first-order valence-corrected chi connectivity index (χ1v) is 8.43. The van der Waals surface area contributed by atoms with Gasteiger partial charge in [0.2, 0.25) is 0 Å². The fourth-order valence-electron chi connectivity index (χ4n) is 2.41. The lowest BCUT2D eigenvalue weighted by Crippen LogP contribution is -2.32. The van der Waals surface area contributed by atoms with Crippen molar-refractivity contribution in [3.63, 3.8) is 0 Å². The molecule has 1 atom stereocenters. The van der Waals surface area contributed by atoms with Gasteiger partial charge >= 0.3 is 5.97 Å². The van der Waals surface area contributed by atoms with Crippen molar-refractivity contribution in [3.05, 3.63) is 41.2 Å². The number of nitrogens with zero attached hydrogens (tertiary/aromatic N) is 2. The number of benzene rings is 1. The molecule has 2 aromatic rings. The van der Waals surface area contributed by atoms with Gasteiger partial charge in [0.1, 0.15) is 5.75 Å². The number of aromatic nitrogens is 2. The Labute approximate surface area is 157 Å². The van der Waals surface area contributed by atoms with Gasteiger partial charge in [-0.3, -0.25) is 14.3 Å². The molecule has 8 nitrogen and oxygen atoms in total. The number of rotatable bonds is 7. The van der Waals surface area contributed by atoms with E-state index in [-0.39, 0.29) is 12.4 Å². The summed E-state index contributed by atoms with van der Waals surface area (Å²) < 4.78 is 12.1. The van der Waals surface area contributed by atoms with Crippen molar-refractivity contribution in [1.29, 1.82) is 0 Å². The predicted octanol–water partition coefficient (Wildman–Crippen LogP) is 2.19. The highest BCUT2D eigenvalue weighted by atomic mass is 16.6. The van der Waals surface area contributed by atoms with Gasteiger partial charge in [-0.2, -0.15) is 5.10 Å². The lowest BCUT2D eigenvalue weighted by Gasteiger charge is -2.14. The zero-order valence-electron chi connectivity index (χ0n) is 16.0. The number of hydrogen-bond acceptors (Lipinski definition) is 6. The maximum atomic E-state index is 12.3. The molecule has 1 aromatic carbocycles. The van der Waals surface area contributed by atoms with E-state index >= 15 is 0 Å². The van der Waals surface area contributed by atoms with E-state index in [1.807, 2.05) is 6.92 Å². The summed E-state index contributed by atoms with van der Waals surface area (Å²) in [6.45, 7) is 6.16. The fourth-order valence-corrected chi connectivity index (χ4v) is 2.41. The minimum Gasteiger partial charge on any atom is -0.482 e. The van der Waals surface area contributed by atoms with Crippen LogP contribution in [0, 0.1) is 13.8 Å². The zero-order valence-corrected chi connectivity index (χ0v) is 16.0. The van der Waals surface area contributed by atoms with Gasteiger partial charge in [-0.05, 0) is 39.8 Å². The number of ether oxygens (including phenoxy) is 2. The van der Waals surface area contributed by atoms with Crippen LogP contribution in [0.5, 0.6) is 5.75 Å². The number of hydrogen-bond donors (Lipinski definition) is 1. The number of amides is 1. The Balaban J connectivity index is 1.88. The van der Waals surface area contributed by atoms with Crippen molar-refractivity contribution in [2.24, 2.45) is 7.05 Å². The lowest BCUT2D eigenvalue weighted by molar-refractivity contribution is -0.155. The number of carbonyl (C=O) groups is 3. The normalized spacial score (nSPS) is 11.6. The second kappa shape index (κ2) is 8.48. The summed E-state index contributed by atoms with van der Waals surface area (Å²) >= 11 is 0. The van der Waals surface area contributed by atoms with E-state index in [1.54, 1.807) is 42.9 Å². The molecular formula is C19H23N3O5. The van der Waals surface area contributed by atoms with Crippen LogP contribution in [0.15, 0.2) is 24.3 Å². The van der Waals surface area contributed by atoms with Crippen LogP contribution in [-0.4, -0.2) is 40.2 Å². The summed E-state index contributed by atoms with van der Waals surface area (Å²) in [6.07, 6.45) is -0.997. The van der Waals surface area contributed by atoms with Crippen LogP contribution in [0.4, 0.5) is 5.69 Å². The molecule has 0 aliphatic carbocycles. The number of aryl methyl sites for hydroxylation is 2. The van der Waals surface area contributed by atoms with Gasteiger partial charge < -0.3 is 14.8 Å². The maximum Gasteiger partial charge on any atom is 0.344 e. The smallest absolute Gasteiger partial charge is 0.344 e. The molecule has 1 amide bonds. The van der Waals surface area contributed by atoms with E-state index < -0.39 is 18.0 Å². The Morgan fingerprint density at radius 2 is 1.96 bits per heavy atom. The van der Waals surface area contributed by atoms with Gasteiger partial charge in [-0.1, -0.05) is 12.1 Å². The summed E-state index contributed by atoms with van der Waals surface area (Å²) in [4.78, 5) is 35.5. The van der Waals surface area contributed by atoms with Crippen LogP contribution in [0.2, 0.25) is 0 Å². The molecule has 1 N–H and O–H groups in total. The quantitative estimate of drug-likeness (QED) is 0.590. The second-order valence-corrected chi connectivity index (χ2v) is 6.16. The van der Waals surface area contributed by atoms with E-state index in [0.717, 1.165) is 5.69 Å². The lowest BCUT2D eigenvalue weighted by atomic mass is 10.1. The third-order valence-corrected chi connectivity index (χ3v) is 4.03. The summed E-state index contributed by atoms with van der Waals surface area (Å²) in [5, 5.41) is 6.94. The van der Waals surface area contributed by atoms with Crippen LogP contribution in [-0.2, 0) is 21.4 Å². The standard InChI is InChI=1S/C19H23N3O5/c1-11-18(12(2)22(5)21-11)20-19(25)14(4)27-17(24)10-26-16-8-6-7-15(9-16)13(3)23/h6-9,14H,10H2,1-5H3,(H,20,25)/t14-/m0/s1. The molecule has 144 valence electrons. The van der Waals surface area contributed by atoms with Crippen LogP contribution in [0.3, 0.4) is 0 Å². The van der Waals surface area contributed by atoms with Crippen molar-refractivity contribution in [1.82, 2.24) is 9.78 Å². The van der Waals surface area contributed by atoms with Gasteiger partial charge in [0.25, 0.3) is 5.91 Å². The average molecular weight is 373 g/mol. The highest BCUT2D eigenvalue weighted by molar-refractivity contribution is 5.96. The van der Waals surface area contributed by atoms with E-state index in [1.165, 1.54) is 13.8 Å². The highest BCUT2D eigenvalue weighted by Gasteiger charge is 2.21. The molecular weight excluding hydrogens is 350 g/mol. The molecule has 8 heteroatoms. The summed E-state index contributed by atoms with van der Waals surface area (Å²) in [5.41, 5.74) is 2.56. The minimum absolute atomic E-state index is 0.102. The van der Waals surface area contributed by atoms with Gasteiger partial charge in [-0.25, -0.2) is 4.79 Å². The predicted molar refractivity (Wildman–Crippen MR) is 98.8 cm³/mol. The highest BCUT2D eigenvalue weighted by Crippen LogP contribution is 2.19. The molecule has 0 spiro atoms. The van der Waals surface area contributed by atoms with Crippen molar-refractivity contribution in [2.45, 2.75) is 33.8 Å². The molecule has 0 aliphatic heterocycles. The molecule has 0 radical (unpaired) electrons. The molecule has 1 heterocycles. The summed E-state index contributed by atoms with van der Waals surface area (Å²) in [5.74, 6) is -0.876. The van der Waals surface area contributed by atoms with Gasteiger partial charge in [0.05, 0.1) is 17.1 Å². The van der Waals surface area contributed by atoms with Crippen LogP contribution in [0.25, 0.3) is 0 Å². The van der Waals surface area contributed by atoms with E-state index in [0.29, 0.717) is 22.7 Å². The van der Waals surface area contributed by atoms with E-state index in [2.05, 4.69) is 10.4 Å². The number of carbonyl (C=O) groups excluding carboxylic acids is 3. The molecule has 0 unspecified atom stereocenters. The Hall–Kier alpha value is -3.16. The van der Waals surface area contributed by atoms with E-state index in [9.17, 15) is 14.4 Å². The van der Waals surface area contributed by atoms with E-state index in [4.69, 9.17) is 9.47 Å². The first kappa shape index (κ1) is 20.2. The molecule has 0 aliphatic rings.